The fourth-order valence-corrected chi connectivity index (χ4v) is 3.36. The highest BCUT2D eigenvalue weighted by molar-refractivity contribution is 14.0. The quantitative estimate of drug-likeness (QED) is 0.251. The van der Waals surface area contributed by atoms with Crippen molar-refractivity contribution in [2.45, 2.75) is 26.2 Å². The summed E-state index contributed by atoms with van der Waals surface area (Å²) in [5.41, 5.74) is 0.789. The Labute approximate surface area is 198 Å². The molecule has 1 aliphatic rings. The molecule has 1 aliphatic heterocycles. The molecule has 2 heterocycles. The van der Waals surface area contributed by atoms with Crippen LogP contribution in [0.2, 0.25) is 5.02 Å². The summed E-state index contributed by atoms with van der Waals surface area (Å²) < 4.78 is 10.9. The third-order valence-corrected chi connectivity index (χ3v) is 5.20. The van der Waals surface area contributed by atoms with E-state index in [1.807, 2.05) is 19.1 Å². The van der Waals surface area contributed by atoms with Gasteiger partial charge in [-0.2, -0.15) is 4.98 Å². The van der Waals surface area contributed by atoms with E-state index in [2.05, 4.69) is 20.8 Å². The maximum atomic E-state index is 9.36. The lowest BCUT2D eigenvalue weighted by atomic mass is 9.84. The van der Waals surface area contributed by atoms with Crippen LogP contribution in [0.4, 0.5) is 0 Å². The molecular weight excluding hydrogens is 521 g/mol. The van der Waals surface area contributed by atoms with Crippen LogP contribution in [-0.2, 0) is 11.2 Å². The number of aliphatic imine (C=N–C) groups is 1. The molecule has 0 spiro atoms. The van der Waals surface area contributed by atoms with Gasteiger partial charge in [0.05, 0.1) is 13.2 Å². The van der Waals surface area contributed by atoms with Crippen LogP contribution in [0, 0.1) is 5.41 Å². The van der Waals surface area contributed by atoms with Crippen LogP contribution in [0.25, 0.3) is 11.4 Å². The van der Waals surface area contributed by atoms with Gasteiger partial charge in [-0.1, -0.05) is 16.8 Å². The topological polar surface area (TPSA) is 105 Å². The number of rotatable bonds is 9. The summed E-state index contributed by atoms with van der Waals surface area (Å²) >= 11 is 5.91. The highest BCUT2D eigenvalue weighted by Gasteiger charge is 2.34. The van der Waals surface area contributed by atoms with Crippen molar-refractivity contribution in [3.05, 3.63) is 35.2 Å². The van der Waals surface area contributed by atoms with E-state index in [1.165, 1.54) is 0 Å². The molecule has 10 heteroatoms. The van der Waals surface area contributed by atoms with E-state index in [9.17, 15) is 5.11 Å². The molecule has 1 aromatic carbocycles. The third kappa shape index (κ3) is 7.07. The zero-order valence-corrected chi connectivity index (χ0v) is 20.2. The molecule has 0 radical (unpaired) electrons. The molecule has 2 aromatic rings. The summed E-state index contributed by atoms with van der Waals surface area (Å²) in [4.78, 5) is 9.13. The summed E-state index contributed by atoms with van der Waals surface area (Å²) in [6.07, 6.45) is 2.20. The predicted molar refractivity (Wildman–Crippen MR) is 127 cm³/mol. The molecule has 0 aliphatic carbocycles. The Morgan fingerprint density at radius 1 is 1.30 bits per heavy atom. The molecule has 3 rings (SSSR count). The van der Waals surface area contributed by atoms with Crippen molar-refractivity contribution in [2.75, 3.05) is 39.5 Å². The van der Waals surface area contributed by atoms with Gasteiger partial charge in [0.1, 0.15) is 0 Å². The van der Waals surface area contributed by atoms with Crippen molar-refractivity contribution in [2.24, 2.45) is 10.4 Å². The summed E-state index contributed by atoms with van der Waals surface area (Å²) in [5.74, 6) is 1.83. The van der Waals surface area contributed by atoms with Crippen LogP contribution in [0.5, 0.6) is 0 Å². The number of aliphatic hydroxyl groups is 1. The van der Waals surface area contributed by atoms with Gasteiger partial charge in [0.2, 0.25) is 11.7 Å². The van der Waals surface area contributed by atoms with Crippen LogP contribution >= 0.6 is 35.6 Å². The van der Waals surface area contributed by atoms with E-state index in [0.29, 0.717) is 49.3 Å². The van der Waals surface area contributed by atoms with Gasteiger partial charge in [0.15, 0.2) is 5.96 Å². The van der Waals surface area contributed by atoms with Crippen molar-refractivity contribution in [3.63, 3.8) is 0 Å². The summed E-state index contributed by atoms with van der Waals surface area (Å²) in [5, 5.41) is 20.6. The Morgan fingerprint density at radius 2 is 2.10 bits per heavy atom. The normalized spacial score (nSPS) is 18.8. The molecule has 1 unspecified atom stereocenters. The Hall–Kier alpha value is -1.43. The molecule has 1 atom stereocenters. The van der Waals surface area contributed by atoms with Gasteiger partial charge < -0.3 is 25.0 Å². The van der Waals surface area contributed by atoms with Gasteiger partial charge in [0.25, 0.3) is 0 Å². The largest absolute Gasteiger partial charge is 0.396 e. The number of ether oxygens (including phenoxy) is 1. The first-order valence-electron chi connectivity index (χ1n) is 9.93. The summed E-state index contributed by atoms with van der Waals surface area (Å²) in [6, 6.07) is 7.32. The Bertz CT molecular complexity index is 794. The molecule has 3 N–H and O–H groups in total. The lowest BCUT2D eigenvalue weighted by Gasteiger charge is -2.24. The average molecular weight is 550 g/mol. The first kappa shape index (κ1) is 24.8. The molecule has 8 nitrogen and oxygen atoms in total. The molecule has 1 saturated heterocycles. The lowest BCUT2D eigenvalue weighted by molar-refractivity contribution is 0.131. The average Bonchev–Trinajstić information content (AvgIpc) is 3.37. The highest BCUT2D eigenvalue weighted by atomic mass is 127. The van der Waals surface area contributed by atoms with Crippen molar-refractivity contribution in [1.82, 2.24) is 20.8 Å². The van der Waals surface area contributed by atoms with Crippen LogP contribution in [0.15, 0.2) is 33.8 Å². The van der Waals surface area contributed by atoms with E-state index in [4.69, 9.17) is 25.9 Å². The maximum Gasteiger partial charge on any atom is 0.228 e. The SMILES string of the molecule is CCNC(=NCC1(CCO)CCOC1)NCCc1nc(-c2ccc(Cl)cc2)no1.I. The number of aliphatic hydroxyl groups excluding tert-OH is 1. The number of hydrogen-bond acceptors (Lipinski definition) is 6. The standard InChI is InChI=1S/C20H28ClN5O3.HI/c1-2-22-19(24-13-20(8-11-27)9-12-28-14-20)23-10-7-17-25-18(26-29-17)15-3-5-16(21)6-4-15;/h3-6,27H,2,7-14H2,1H3,(H2,22,23,24);1H. The van der Waals surface area contributed by atoms with E-state index < -0.39 is 0 Å². The molecule has 0 amide bonds. The Balaban J connectivity index is 0.00000320. The fourth-order valence-electron chi connectivity index (χ4n) is 3.24. The molecule has 0 bridgehead atoms. The van der Waals surface area contributed by atoms with Crippen LogP contribution < -0.4 is 10.6 Å². The Kier molecular flexibility index (Phi) is 10.3. The second-order valence-electron chi connectivity index (χ2n) is 7.17. The van der Waals surface area contributed by atoms with Gasteiger partial charge >= 0.3 is 0 Å². The smallest absolute Gasteiger partial charge is 0.228 e. The second-order valence-corrected chi connectivity index (χ2v) is 7.60. The molecule has 166 valence electrons. The van der Waals surface area contributed by atoms with Gasteiger partial charge in [-0.05, 0) is 44.0 Å². The summed E-state index contributed by atoms with van der Waals surface area (Å²) in [7, 11) is 0. The van der Waals surface area contributed by atoms with Crippen molar-refractivity contribution < 1.29 is 14.4 Å². The molecule has 1 aromatic heterocycles. The second kappa shape index (κ2) is 12.4. The zero-order valence-electron chi connectivity index (χ0n) is 17.1. The molecular formula is C20H29ClIN5O3. The number of guanidine groups is 1. The van der Waals surface area contributed by atoms with E-state index in [0.717, 1.165) is 31.1 Å². The van der Waals surface area contributed by atoms with Gasteiger partial charge in [-0.15, -0.1) is 24.0 Å². The van der Waals surface area contributed by atoms with Crippen molar-refractivity contribution >= 4 is 41.5 Å². The maximum absolute atomic E-state index is 9.36. The number of benzene rings is 1. The highest BCUT2D eigenvalue weighted by Crippen LogP contribution is 2.32. The first-order valence-corrected chi connectivity index (χ1v) is 10.3. The van der Waals surface area contributed by atoms with Crippen molar-refractivity contribution in [1.29, 1.82) is 0 Å². The number of halogens is 2. The van der Waals surface area contributed by atoms with Crippen LogP contribution in [0.3, 0.4) is 0 Å². The number of hydrogen-bond donors (Lipinski definition) is 3. The minimum absolute atomic E-state index is 0. The van der Waals surface area contributed by atoms with Crippen molar-refractivity contribution in [3.8, 4) is 11.4 Å². The lowest BCUT2D eigenvalue weighted by Crippen LogP contribution is -2.39. The van der Waals surface area contributed by atoms with Crippen LogP contribution in [-0.4, -0.2) is 60.7 Å². The van der Waals surface area contributed by atoms with E-state index in [1.54, 1.807) is 12.1 Å². The van der Waals surface area contributed by atoms with Gasteiger partial charge in [0, 0.05) is 48.7 Å². The monoisotopic (exact) mass is 549 g/mol. The molecule has 1 fully saturated rings. The zero-order chi connectivity index (χ0) is 20.5. The minimum Gasteiger partial charge on any atom is -0.396 e. The number of nitrogens with zero attached hydrogens (tertiary/aromatic N) is 3. The third-order valence-electron chi connectivity index (χ3n) is 4.95. The molecule has 30 heavy (non-hydrogen) atoms. The number of nitrogens with one attached hydrogen (secondary N) is 2. The summed E-state index contributed by atoms with van der Waals surface area (Å²) in [6.45, 7) is 5.53. The van der Waals surface area contributed by atoms with Gasteiger partial charge in [-0.3, -0.25) is 4.99 Å². The van der Waals surface area contributed by atoms with Gasteiger partial charge in [-0.25, -0.2) is 0 Å². The molecule has 0 saturated carbocycles. The van der Waals surface area contributed by atoms with E-state index in [-0.39, 0.29) is 36.0 Å². The minimum atomic E-state index is -0.0724. The Morgan fingerprint density at radius 3 is 2.77 bits per heavy atom. The van der Waals surface area contributed by atoms with Crippen LogP contribution in [0.1, 0.15) is 25.7 Å². The fraction of sp³-hybridized carbons (Fsp3) is 0.550. The first-order chi connectivity index (χ1) is 14.1. The van der Waals surface area contributed by atoms with E-state index >= 15 is 0 Å². The number of aromatic nitrogens is 2. The predicted octanol–water partition coefficient (Wildman–Crippen LogP) is 2.89.